The zero-order valence-electron chi connectivity index (χ0n) is 13.7. The third-order valence-electron chi connectivity index (χ3n) is 3.68. The molecule has 3 nitrogen and oxygen atoms in total. The minimum atomic E-state index is 0.0294. The molecule has 3 rings (SSSR count). The van der Waals surface area contributed by atoms with Crippen LogP contribution in [0.2, 0.25) is 0 Å². The molecular formula is C19H20BrNO2S2. The molecule has 1 N–H and O–H groups in total. The van der Waals surface area contributed by atoms with E-state index in [-0.39, 0.29) is 5.91 Å². The lowest BCUT2D eigenvalue weighted by Crippen LogP contribution is -2.13. The van der Waals surface area contributed by atoms with Crippen molar-refractivity contribution < 1.29 is 9.53 Å². The van der Waals surface area contributed by atoms with Crippen molar-refractivity contribution in [3.63, 3.8) is 0 Å². The minimum Gasteiger partial charge on any atom is -0.494 e. The first-order valence-electron chi connectivity index (χ1n) is 8.22. The van der Waals surface area contributed by atoms with E-state index >= 15 is 0 Å². The fraction of sp³-hybridized carbons (Fsp3) is 0.316. The first-order chi connectivity index (χ1) is 12.2. The van der Waals surface area contributed by atoms with Gasteiger partial charge in [-0.1, -0.05) is 34.1 Å². The summed E-state index contributed by atoms with van der Waals surface area (Å²) in [5, 5.41) is 2.99. The van der Waals surface area contributed by atoms with Crippen molar-refractivity contribution in [1.29, 1.82) is 0 Å². The average Bonchev–Trinajstić information content (AvgIpc) is 3.14. The number of hydrogen-bond donors (Lipinski definition) is 1. The maximum Gasteiger partial charge on any atom is 0.224 e. The number of nitrogens with one attached hydrogen (secondary N) is 1. The summed E-state index contributed by atoms with van der Waals surface area (Å²) < 4.78 is 7.14. The van der Waals surface area contributed by atoms with E-state index < -0.39 is 0 Å². The van der Waals surface area contributed by atoms with Gasteiger partial charge in [0, 0.05) is 28.1 Å². The van der Waals surface area contributed by atoms with Gasteiger partial charge in [-0.3, -0.25) is 4.79 Å². The SMILES string of the molecule is O=C(CCCOc1cccc(Br)c1)Nc1cccc(C2SCCS2)c1. The van der Waals surface area contributed by atoms with Gasteiger partial charge in [-0.15, -0.1) is 23.5 Å². The molecular weight excluding hydrogens is 418 g/mol. The van der Waals surface area contributed by atoms with Gasteiger partial charge in [-0.25, -0.2) is 0 Å². The summed E-state index contributed by atoms with van der Waals surface area (Å²) in [6.45, 7) is 0.527. The normalized spacial score (nSPS) is 14.4. The van der Waals surface area contributed by atoms with Gasteiger partial charge in [-0.05, 0) is 42.3 Å². The van der Waals surface area contributed by atoms with Crippen LogP contribution in [0, 0.1) is 0 Å². The highest BCUT2D eigenvalue weighted by molar-refractivity contribution is 9.10. The zero-order chi connectivity index (χ0) is 17.5. The number of thioether (sulfide) groups is 2. The van der Waals surface area contributed by atoms with Crippen molar-refractivity contribution >= 4 is 51.0 Å². The summed E-state index contributed by atoms with van der Waals surface area (Å²) in [5.41, 5.74) is 2.16. The molecule has 1 amide bonds. The highest BCUT2D eigenvalue weighted by atomic mass is 79.9. The van der Waals surface area contributed by atoms with Crippen molar-refractivity contribution in [2.24, 2.45) is 0 Å². The number of halogens is 1. The fourth-order valence-electron chi connectivity index (χ4n) is 2.52. The Morgan fingerprint density at radius 3 is 2.76 bits per heavy atom. The Morgan fingerprint density at radius 1 is 1.16 bits per heavy atom. The molecule has 0 unspecified atom stereocenters. The lowest BCUT2D eigenvalue weighted by molar-refractivity contribution is -0.116. The monoisotopic (exact) mass is 437 g/mol. The van der Waals surface area contributed by atoms with Crippen LogP contribution in [-0.2, 0) is 4.79 Å². The number of anilines is 1. The van der Waals surface area contributed by atoms with Gasteiger partial charge in [0.25, 0.3) is 0 Å². The summed E-state index contributed by atoms with van der Waals surface area (Å²) in [6.07, 6.45) is 1.14. The van der Waals surface area contributed by atoms with Crippen molar-refractivity contribution in [2.75, 3.05) is 23.4 Å². The molecule has 1 fully saturated rings. The molecule has 0 saturated carbocycles. The van der Waals surface area contributed by atoms with E-state index in [1.165, 1.54) is 17.1 Å². The van der Waals surface area contributed by atoms with Crippen LogP contribution in [0.4, 0.5) is 5.69 Å². The van der Waals surface area contributed by atoms with Crippen LogP contribution in [0.5, 0.6) is 5.75 Å². The van der Waals surface area contributed by atoms with Crippen LogP contribution in [0.25, 0.3) is 0 Å². The number of rotatable bonds is 7. The number of ether oxygens (including phenoxy) is 1. The second kappa shape index (κ2) is 9.55. The summed E-state index contributed by atoms with van der Waals surface area (Å²) >= 11 is 7.35. The Kier molecular flexibility index (Phi) is 7.13. The molecule has 0 radical (unpaired) electrons. The van der Waals surface area contributed by atoms with Crippen LogP contribution < -0.4 is 10.1 Å². The topological polar surface area (TPSA) is 38.3 Å². The molecule has 132 valence electrons. The zero-order valence-corrected chi connectivity index (χ0v) is 17.0. The number of hydrogen-bond acceptors (Lipinski definition) is 4. The molecule has 0 spiro atoms. The third kappa shape index (κ3) is 5.97. The lowest BCUT2D eigenvalue weighted by atomic mass is 10.2. The number of carbonyl (C=O) groups is 1. The van der Waals surface area contributed by atoms with Crippen molar-refractivity contribution in [2.45, 2.75) is 17.4 Å². The number of amides is 1. The molecule has 0 aromatic heterocycles. The van der Waals surface area contributed by atoms with Crippen molar-refractivity contribution in [3.05, 3.63) is 58.6 Å². The molecule has 0 bridgehead atoms. The number of carbonyl (C=O) groups excluding carboxylic acids is 1. The van der Waals surface area contributed by atoms with Crippen molar-refractivity contribution in [1.82, 2.24) is 0 Å². The summed E-state index contributed by atoms with van der Waals surface area (Å²) in [5.74, 6) is 3.24. The van der Waals surface area contributed by atoms with E-state index in [0.717, 1.165) is 15.9 Å². The van der Waals surface area contributed by atoms with E-state index in [0.29, 0.717) is 24.0 Å². The van der Waals surface area contributed by atoms with E-state index in [1.807, 2.05) is 59.9 Å². The standard InChI is InChI=1S/C19H20BrNO2S2/c20-15-5-2-7-17(13-15)23-9-3-8-18(22)21-16-6-1-4-14(12-16)19-24-10-11-25-19/h1-2,4-7,12-13,19H,3,8-11H2,(H,21,22). The maximum atomic E-state index is 12.1. The highest BCUT2D eigenvalue weighted by Gasteiger charge is 2.18. The van der Waals surface area contributed by atoms with Crippen LogP contribution in [0.1, 0.15) is 23.0 Å². The van der Waals surface area contributed by atoms with E-state index in [9.17, 15) is 4.79 Å². The van der Waals surface area contributed by atoms with Crippen LogP contribution >= 0.6 is 39.5 Å². The summed E-state index contributed by atoms with van der Waals surface area (Å²) in [7, 11) is 0. The van der Waals surface area contributed by atoms with Gasteiger partial charge in [0.1, 0.15) is 5.75 Å². The largest absolute Gasteiger partial charge is 0.494 e. The molecule has 1 aliphatic heterocycles. The maximum absolute atomic E-state index is 12.1. The molecule has 2 aromatic rings. The Hall–Kier alpha value is -1.11. The van der Waals surface area contributed by atoms with Gasteiger partial charge in [-0.2, -0.15) is 0 Å². The van der Waals surface area contributed by atoms with Gasteiger partial charge in [0.15, 0.2) is 0 Å². The first kappa shape index (κ1) is 18.7. The average molecular weight is 438 g/mol. The van der Waals surface area contributed by atoms with Gasteiger partial charge < -0.3 is 10.1 Å². The molecule has 25 heavy (non-hydrogen) atoms. The van der Waals surface area contributed by atoms with E-state index in [2.05, 4.69) is 33.4 Å². The minimum absolute atomic E-state index is 0.0294. The Balaban J connectivity index is 1.42. The first-order valence-corrected chi connectivity index (χ1v) is 11.1. The fourth-order valence-corrected chi connectivity index (χ4v) is 5.73. The third-order valence-corrected chi connectivity index (χ3v) is 7.27. The quantitative estimate of drug-likeness (QED) is 0.561. The van der Waals surface area contributed by atoms with E-state index in [1.54, 1.807) is 0 Å². The predicted octanol–water partition coefficient (Wildman–Crippen LogP) is 5.73. The molecule has 0 aliphatic carbocycles. The van der Waals surface area contributed by atoms with Gasteiger partial charge in [0.2, 0.25) is 5.91 Å². The Labute approximate surface area is 165 Å². The molecule has 1 heterocycles. The second-order valence-corrected chi connectivity index (χ2v) is 9.30. The number of benzene rings is 2. The molecule has 2 aromatic carbocycles. The Bertz CT molecular complexity index is 720. The van der Waals surface area contributed by atoms with Crippen LogP contribution in [-0.4, -0.2) is 24.0 Å². The molecule has 1 aliphatic rings. The molecule has 1 saturated heterocycles. The second-order valence-electron chi connectivity index (χ2n) is 5.66. The Morgan fingerprint density at radius 2 is 1.96 bits per heavy atom. The summed E-state index contributed by atoms with van der Waals surface area (Å²) in [6, 6.07) is 15.9. The van der Waals surface area contributed by atoms with Crippen molar-refractivity contribution in [3.8, 4) is 5.75 Å². The van der Waals surface area contributed by atoms with E-state index in [4.69, 9.17) is 4.74 Å². The molecule has 0 atom stereocenters. The highest BCUT2D eigenvalue weighted by Crippen LogP contribution is 2.45. The molecule has 6 heteroatoms. The summed E-state index contributed by atoms with van der Waals surface area (Å²) in [4.78, 5) is 12.1. The van der Waals surface area contributed by atoms with Gasteiger partial charge >= 0.3 is 0 Å². The van der Waals surface area contributed by atoms with Crippen LogP contribution in [0.15, 0.2) is 53.0 Å². The smallest absolute Gasteiger partial charge is 0.224 e. The lowest BCUT2D eigenvalue weighted by Gasteiger charge is -2.11. The van der Waals surface area contributed by atoms with Gasteiger partial charge in [0.05, 0.1) is 11.2 Å². The van der Waals surface area contributed by atoms with Crippen LogP contribution in [0.3, 0.4) is 0 Å². The predicted molar refractivity (Wildman–Crippen MR) is 112 cm³/mol.